The molecule has 1 fully saturated rings. The quantitative estimate of drug-likeness (QED) is 0.414. The molecule has 45 heavy (non-hydrogen) atoms. The first-order valence-electron chi connectivity index (χ1n) is 16.1. The van der Waals surface area contributed by atoms with E-state index >= 15 is 0 Å². The third-order valence-corrected chi connectivity index (χ3v) is 10.4. The second-order valence-electron chi connectivity index (χ2n) is 12.8. The zero-order valence-corrected chi connectivity index (χ0v) is 27.9. The highest BCUT2D eigenvalue weighted by Crippen LogP contribution is 2.59. The van der Waals surface area contributed by atoms with Gasteiger partial charge in [0.05, 0.1) is 39.9 Å². The first-order valence-corrected chi connectivity index (χ1v) is 16.1. The van der Waals surface area contributed by atoms with Gasteiger partial charge >= 0.3 is 5.97 Å². The highest BCUT2D eigenvalue weighted by Gasteiger charge is 2.57. The monoisotopic (exact) mass is 623 g/mol. The van der Waals surface area contributed by atoms with Crippen LogP contribution in [0.3, 0.4) is 0 Å². The van der Waals surface area contributed by atoms with E-state index in [2.05, 4.69) is 41.0 Å². The lowest BCUT2D eigenvalue weighted by Gasteiger charge is -2.59. The number of likely N-dealkylation sites (N-methyl/N-ethyl adjacent to an activating group) is 1. The van der Waals surface area contributed by atoms with Gasteiger partial charge in [-0.15, -0.1) is 0 Å². The van der Waals surface area contributed by atoms with Crippen LogP contribution in [0.2, 0.25) is 0 Å². The van der Waals surface area contributed by atoms with Gasteiger partial charge in [-0.3, -0.25) is 14.5 Å². The fraction of sp³-hybridized carbons (Fsp3) is 0.600. The van der Waals surface area contributed by atoms with Crippen LogP contribution < -0.4 is 18.9 Å². The second-order valence-corrected chi connectivity index (χ2v) is 12.8. The fourth-order valence-corrected chi connectivity index (χ4v) is 8.25. The number of fused-ring (bicyclic) bond motifs is 3. The number of nitrogens with zero attached hydrogens (tertiary/aromatic N) is 3. The molecular formula is C35H49N3O7. The van der Waals surface area contributed by atoms with Crippen LogP contribution in [0, 0.1) is 11.8 Å². The third-order valence-electron chi connectivity index (χ3n) is 10.4. The first-order chi connectivity index (χ1) is 21.6. The van der Waals surface area contributed by atoms with Crippen molar-refractivity contribution < 1.29 is 33.6 Å². The van der Waals surface area contributed by atoms with Crippen molar-refractivity contribution >= 4 is 11.9 Å². The summed E-state index contributed by atoms with van der Waals surface area (Å²) in [7, 11) is 10.5. The summed E-state index contributed by atoms with van der Waals surface area (Å²) in [4.78, 5) is 33.6. The summed E-state index contributed by atoms with van der Waals surface area (Å²) < 4.78 is 23.0. The van der Waals surface area contributed by atoms with Crippen LogP contribution >= 0.6 is 0 Å². The maximum atomic E-state index is 14.4. The van der Waals surface area contributed by atoms with Gasteiger partial charge < -0.3 is 33.9 Å². The smallest absolute Gasteiger partial charge is 0.306 e. The van der Waals surface area contributed by atoms with Gasteiger partial charge in [0.25, 0.3) is 0 Å². The molecule has 1 saturated carbocycles. The highest BCUT2D eigenvalue weighted by molar-refractivity contribution is 5.79. The van der Waals surface area contributed by atoms with Gasteiger partial charge in [0.15, 0.2) is 23.0 Å². The van der Waals surface area contributed by atoms with Crippen molar-refractivity contribution in [2.45, 2.75) is 57.0 Å². The Labute approximate surface area is 267 Å². The van der Waals surface area contributed by atoms with E-state index in [0.29, 0.717) is 68.2 Å². The Bertz CT molecular complexity index is 1410. The second kappa shape index (κ2) is 13.5. The molecular weight excluding hydrogens is 574 g/mol. The van der Waals surface area contributed by atoms with Crippen LogP contribution in [-0.2, 0) is 28.0 Å². The molecule has 5 rings (SSSR count). The van der Waals surface area contributed by atoms with E-state index < -0.39 is 17.4 Å². The lowest BCUT2D eigenvalue weighted by Crippen LogP contribution is -2.62. The molecule has 2 aromatic rings. The molecule has 4 unspecified atom stereocenters. The number of ether oxygens (including phenoxy) is 4. The normalized spacial score (nSPS) is 24.6. The van der Waals surface area contributed by atoms with Crippen molar-refractivity contribution in [2.75, 3.05) is 68.7 Å². The Morgan fingerprint density at radius 2 is 1.51 bits per heavy atom. The molecule has 2 aliphatic heterocycles. The third kappa shape index (κ3) is 5.83. The predicted molar refractivity (Wildman–Crippen MR) is 172 cm³/mol. The maximum absolute atomic E-state index is 14.4. The molecule has 3 aliphatic rings. The van der Waals surface area contributed by atoms with E-state index in [1.54, 1.807) is 28.4 Å². The maximum Gasteiger partial charge on any atom is 0.306 e. The zero-order chi connectivity index (χ0) is 32.5. The number of amides is 1. The molecule has 2 aromatic carbocycles. The number of aliphatic carboxylic acids is 1. The highest BCUT2D eigenvalue weighted by atomic mass is 16.5. The largest absolute Gasteiger partial charge is 0.493 e. The van der Waals surface area contributed by atoms with Gasteiger partial charge in [-0.1, -0.05) is 6.92 Å². The fourth-order valence-electron chi connectivity index (χ4n) is 8.25. The summed E-state index contributed by atoms with van der Waals surface area (Å²) in [6.07, 6.45) is 3.38. The molecule has 1 N–H and O–H groups in total. The summed E-state index contributed by atoms with van der Waals surface area (Å²) in [6, 6.07) is 8.11. The van der Waals surface area contributed by atoms with Crippen LogP contribution in [0.5, 0.6) is 23.0 Å². The number of carbonyl (C=O) groups is 2. The van der Waals surface area contributed by atoms with E-state index in [1.807, 2.05) is 19.0 Å². The molecule has 1 amide bonds. The Hall–Kier alpha value is -3.50. The van der Waals surface area contributed by atoms with Crippen LogP contribution in [-0.4, -0.2) is 100 Å². The summed E-state index contributed by atoms with van der Waals surface area (Å²) in [5.74, 6) is 1.17. The molecule has 0 radical (unpaired) electrons. The molecule has 0 bridgehead atoms. The van der Waals surface area contributed by atoms with Crippen LogP contribution in [0.15, 0.2) is 24.3 Å². The van der Waals surface area contributed by atoms with Gasteiger partial charge in [0, 0.05) is 38.0 Å². The van der Waals surface area contributed by atoms with E-state index in [1.165, 1.54) is 5.56 Å². The van der Waals surface area contributed by atoms with Crippen LogP contribution in [0.4, 0.5) is 0 Å². The zero-order valence-electron chi connectivity index (χ0n) is 27.9. The van der Waals surface area contributed by atoms with Crippen LogP contribution in [0.1, 0.15) is 60.9 Å². The number of carboxylic acids is 1. The minimum atomic E-state index is -0.782. The van der Waals surface area contributed by atoms with E-state index in [-0.39, 0.29) is 17.9 Å². The van der Waals surface area contributed by atoms with Crippen molar-refractivity contribution in [1.29, 1.82) is 0 Å². The number of carboxylic acid groups (broad SMARTS) is 1. The van der Waals surface area contributed by atoms with E-state index in [0.717, 1.165) is 36.2 Å². The topological polar surface area (TPSA) is 101 Å². The molecule has 0 aromatic heterocycles. The van der Waals surface area contributed by atoms with Crippen molar-refractivity contribution in [2.24, 2.45) is 11.8 Å². The Balaban J connectivity index is 1.79. The van der Waals surface area contributed by atoms with Gasteiger partial charge in [-0.25, -0.2) is 0 Å². The van der Waals surface area contributed by atoms with E-state index in [4.69, 9.17) is 18.9 Å². The van der Waals surface area contributed by atoms with Gasteiger partial charge in [0.1, 0.15) is 0 Å². The molecule has 0 saturated heterocycles. The summed E-state index contributed by atoms with van der Waals surface area (Å²) in [5.41, 5.74) is 3.70. The minimum Gasteiger partial charge on any atom is -0.493 e. The molecule has 2 heterocycles. The van der Waals surface area contributed by atoms with Crippen molar-refractivity contribution in [3.05, 3.63) is 46.5 Å². The summed E-state index contributed by atoms with van der Waals surface area (Å²) in [6.45, 7) is 4.96. The van der Waals surface area contributed by atoms with Gasteiger partial charge in [-0.2, -0.15) is 0 Å². The summed E-state index contributed by atoms with van der Waals surface area (Å²) in [5, 5.41) is 10.4. The molecule has 10 heteroatoms. The summed E-state index contributed by atoms with van der Waals surface area (Å²) >= 11 is 0. The average Bonchev–Trinajstić information content (AvgIpc) is 3.05. The number of benzene rings is 2. The minimum absolute atomic E-state index is 0.0919. The Kier molecular flexibility index (Phi) is 9.84. The Morgan fingerprint density at radius 3 is 2.11 bits per heavy atom. The lowest BCUT2D eigenvalue weighted by molar-refractivity contribution is -0.155. The van der Waals surface area contributed by atoms with Gasteiger partial charge in [-0.05, 0) is 99.3 Å². The molecule has 1 spiro atoms. The standard InChI is InChI=1S/C35H49N3O7/c1-8-37-15-10-22-18-28(42-4)30(44-6)20-25(22)33(37)27-17-24(34(40)41)9-13-35(27)26-21-31(45-7)29(43-5)19-23(26)11-16-38(35)32(39)12-14-36(2)3/h18-21,24,27,33H,8-17H2,1-7H3,(H,40,41). The number of hydrogen-bond acceptors (Lipinski definition) is 8. The van der Waals surface area contributed by atoms with Crippen LogP contribution in [0.25, 0.3) is 0 Å². The molecule has 4 atom stereocenters. The predicted octanol–water partition coefficient (Wildman–Crippen LogP) is 4.37. The SMILES string of the molecule is CCN1CCc2cc(OC)c(OC)cc2C1C1CC(C(=O)O)CCC12c1cc(OC)c(OC)cc1CCN2C(=O)CCN(C)C. The van der Waals surface area contributed by atoms with Gasteiger partial charge in [0.2, 0.25) is 5.91 Å². The molecule has 246 valence electrons. The average molecular weight is 624 g/mol. The number of carbonyl (C=O) groups excluding carboxylic acids is 1. The molecule has 1 aliphatic carbocycles. The van der Waals surface area contributed by atoms with Crippen molar-refractivity contribution in [3.8, 4) is 23.0 Å². The van der Waals surface area contributed by atoms with Crippen molar-refractivity contribution in [1.82, 2.24) is 14.7 Å². The first kappa shape index (κ1) is 32.9. The Morgan fingerprint density at radius 1 is 0.911 bits per heavy atom. The van der Waals surface area contributed by atoms with E-state index in [9.17, 15) is 14.7 Å². The molecule has 10 nitrogen and oxygen atoms in total. The number of rotatable bonds is 10. The number of methoxy groups -OCH3 is 4. The lowest BCUT2D eigenvalue weighted by atomic mass is 9.58. The van der Waals surface area contributed by atoms with Crippen molar-refractivity contribution in [3.63, 3.8) is 0 Å². The number of hydrogen-bond donors (Lipinski definition) is 1.